The van der Waals surface area contributed by atoms with E-state index in [0.717, 1.165) is 5.75 Å². The minimum atomic E-state index is 0.0860. The molecule has 2 rings (SSSR count). The second-order valence-corrected chi connectivity index (χ2v) is 5.45. The molecule has 0 fully saturated rings. The van der Waals surface area contributed by atoms with Crippen LogP contribution in [0.2, 0.25) is 5.15 Å². The molecule has 0 N–H and O–H groups in total. The molecule has 1 heterocycles. The zero-order valence-electron chi connectivity index (χ0n) is 10.6. The molecular formula is C14H15ClN2O. The summed E-state index contributed by atoms with van der Waals surface area (Å²) in [6.07, 6.45) is 1.38. The highest BCUT2D eigenvalue weighted by molar-refractivity contribution is 6.29. The number of hydrogen-bond acceptors (Lipinski definition) is 3. The van der Waals surface area contributed by atoms with Crippen LogP contribution in [0.1, 0.15) is 26.3 Å². The van der Waals surface area contributed by atoms with Gasteiger partial charge < -0.3 is 4.74 Å². The first-order chi connectivity index (χ1) is 8.45. The van der Waals surface area contributed by atoms with E-state index in [-0.39, 0.29) is 5.41 Å². The zero-order chi connectivity index (χ0) is 13.2. The smallest absolute Gasteiger partial charge is 0.223 e. The van der Waals surface area contributed by atoms with Crippen molar-refractivity contribution in [2.45, 2.75) is 26.2 Å². The Kier molecular flexibility index (Phi) is 3.53. The van der Waals surface area contributed by atoms with Gasteiger partial charge in [0, 0.05) is 6.07 Å². The van der Waals surface area contributed by atoms with Gasteiger partial charge in [-0.05, 0) is 23.1 Å². The van der Waals surface area contributed by atoms with Crippen molar-refractivity contribution < 1.29 is 4.74 Å². The van der Waals surface area contributed by atoms with Crippen LogP contribution in [-0.2, 0) is 5.41 Å². The summed E-state index contributed by atoms with van der Waals surface area (Å²) in [7, 11) is 0. The van der Waals surface area contributed by atoms with E-state index in [9.17, 15) is 0 Å². The molecule has 0 unspecified atom stereocenters. The predicted octanol–water partition coefficient (Wildman–Crippen LogP) is 4.22. The molecule has 0 atom stereocenters. The van der Waals surface area contributed by atoms with Crippen molar-refractivity contribution in [3.63, 3.8) is 0 Å². The van der Waals surface area contributed by atoms with Gasteiger partial charge in [-0.25, -0.2) is 9.97 Å². The van der Waals surface area contributed by atoms with Crippen LogP contribution in [0.5, 0.6) is 11.6 Å². The molecular weight excluding hydrogens is 248 g/mol. The average Bonchev–Trinajstić information content (AvgIpc) is 2.28. The Morgan fingerprint density at radius 1 is 1.11 bits per heavy atom. The Balaban J connectivity index is 2.25. The summed E-state index contributed by atoms with van der Waals surface area (Å²) in [5, 5.41) is 0.368. The molecule has 0 saturated carbocycles. The van der Waals surface area contributed by atoms with Crippen LogP contribution in [0.3, 0.4) is 0 Å². The Morgan fingerprint density at radius 3 is 2.56 bits per heavy atom. The Bertz CT molecular complexity index is 549. The number of halogens is 1. The van der Waals surface area contributed by atoms with Crippen molar-refractivity contribution in [2.24, 2.45) is 0 Å². The van der Waals surface area contributed by atoms with E-state index in [0.29, 0.717) is 11.0 Å². The van der Waals surface area contributed by atoms with Gasteiger partial charge in [0.05, 0.1) is 0 Å². The number of benzene rings is 1. The number of rotatable bonds is 2. The molecule has 1 aromatic heterocycles. The molecule has 0 aliphatic rings. The second kappa shape index (κ2) is 4.94. The van der Waals surface area contributed by atoms with Crippen LogP contribution in [0, 0.1) is 0 Å². The van der Waals surface area contributed by atoms with Gasteiger partial charge in [-0.15, -0.1) is 0 Å². The quantitative estimate of drug-likeness (QED) is 0.760. The molecule has 1 aromatic carbocycles. The highest BCUT2D eigenvalue weighted by Crippen LogP contribution is 2.27. The van der Waals surface area contributed by atoms with E-state index in [4.69, 9.17) is 16.3 Å². The standard InChI is InChI=1S/C14H15ClN2O/c1-14(2,3)10-5-4-6-11(7-10)18-13-8-12(15)16-9-17-13/h4-9H,1-3H3. The van der Waals surface area contributed by atoms with E-state index in [2.05, 4.69) is 36.8 Å². The van der Waals surface area contributed by atoms with Gasteiger partial charge in [0.2, 0.25) is 5.88 Å². The van der Waals surface area contributed by atoms with E-state index in [1.807, 2.05) is 18.2 Å². The van der Waals surface area contributed by atoms with Gasteiger partial charge in [-0.2, -0.15) is 0 Å². The maximum absolute atomic E-state index is 5.78. The minimum absolute atomic E-state index is 0.0860. The first kappa shape index (κ1) is 12.8. The zero-order valence-corrected chi connectivity index (χ0v) is 11.4. The molecule has 0 saturated heterocycles. The van der Waals surface area contributed by atoms with Gasteiger partial charge in [0.25, 0.3) is 0 Å². The van der Waals surface area contributed by atoms with Crippen LogP contribution in [-0.4, -0.2) is 9.97 Å². The number of nitrogens with zero attached hydrogens (tertiary/aromatic N) is 2. The van der Waals surface area contributed by atoms with Crippen LogP contribution >= 0.6 is 11.6 Å². The van der Waals surface area contributed by atoms with E-state index >= 15 is 0 Å². The molecule has 2 aromatic rings. The summed E-state index contributed by atoms with van der Waals surface area (Å²) in [5.41, 5.74) is 1.29. The van der Waals surface area contributed by atoms with Crippen LogP contribution in [0.15, 0.2) is 36.7 Å². The van der Waals surface area contributed by atoms with Crippen molar-refractivity contribution in [2.75, 3.05) is 0 Å². The maximum atomic E-state index is 5.78. The lowest BCUT2D eigenvalue weighted by Gasteiger charge is -2.19. The molecule has 0 aliphatic heterocycles. The maximum Gasteiger partial charge on any atom is 0.223 e. The Morgan fingerprint density at radius 2 is 1.89 bits per heavy atom. The number of ether oxygens (including phenoxy) is 1. The first-order valence-electron chi connectivity index (χ1n) is 5.71. The fraction of sp³-hybridized carbons (Fsp3) is 0.286. The number of hydrogen-bond donors (Lipinski definition) is 0. The predicted molar refractivity (Wildman–Crippen MR) is 72.3 cm³/mol. The summed E-state index contributed by atoms with van der Waals surface area (Å²) in [5.74, 6) is 1.19. The first-order valence-corrected chi connectivity index (χ1v) is 6.09. The molecule has 0 bridgehead atoms. The third-order valence-corrected chi connectivity index (χ3v) is 2.74. The van der Waals surface area contributed by atoms with E-state index in [1.54, 1.807) is 6.07 Å². The fourth-order valence-electron chi connectivity index (χ4n) is 1.52. The van der Waals surface area contributed by atoms with Gasteiger partial charge in [0.15, 0.2) is 0 Å². The van der Waals surface area contributed by atoms with Crippen molar-refractivity contribution >= 4 is 11.6 Å². The van der Waals surface area contributed by atoms with Crippen LogP contribution in [0.4, 0.5) is 0 Å². The summed E-state index contributed by atoms with van der Waals surface area (Å²) in [6, 6.07) is 9.55. The lowest BCUT2D eigenvalue weighted by molar-refractivity contribution is 0.458. The lowest BCUT2D eigenvalue weighted by atomic mass is 9.87. The Labute approximate surface area is 112 Å². The SMILES string of the molecule is CC(C)(C)c1cccc(Oc2cc(Cl)ncn2)c1. The van der Waals surface area contributed by atoms with E-state index < -0.39 is 0 Å². The molecule has 94 valence electrons. The minimum Gasteiger partial charge on any atom is -0.439 e. The highest BCUT2D eigenvalue weighted by atomic mass is 35.5. The summed E-state index contributed by atoms with van der Waals surface area (Å²) in [6.45, 7) is 6.48. The van der Waals surface area contributed by atoms with Gasteiger partial charge >= 0.3 is 0 Å². The Hall–Kier alpha value is -1.61. The molecule has 3 nitrogen and oxygen atoms in total. The van der Waals surface area contributed by atoms with Crippen molar-refractivity contribution in [3.05, 3.63) is 47.4 Å². The van der Waals surface area contributed by atoms with Gasteiger partial charge in [0.1, 0.15) is 17.2 Å². The topological polar surface area (TPSA) is 35.0 Å². The molecule has 4 heteroatoms. The number of aromatic nitrogens is 2. The monoisotopic (exact) mass is 262 g/mol. The molecule has 0 radical (unpaired) electrons. The highest BCUT2D eigenvalue weighted by Gasteiger charge is 2.14. The normalized spacial score (nSPS) is 11.3. The van der Waals surface area contributed by atoms with Gasteiger partial charge in [-0.1, -0.05) is 44.5 Å². The third-order valence-electron chi connectivity index (χ3n) is 2.53. The summed E-state index contributed by atoms with van der Waals surface area (Å²) < 4.78 is 5.66. The largest absolute Gasteiger partial charge is 0.439 e. The van der Waals surface area contributed by atoms with Crippen molar-refractivity contribution in [1.29, 1.82) is 0 Å². The molecule has 0 aliphatic carbocycles. The molecule has 18 heavy (non-hydrogen) atoms. The van der Waals surface area contributed by atoms with Gasteiger partial charge in [-0.3, -0.25) is 0 Å². The summed E-state index contributed by atoms with van der Waals surface area (Å²) in [4.78, 5) is 7.82. The van der Waals surface area contributed by atoms with Crippen molar-refractivity contribution in [3.8, 4) is 11.6 Å². The molecule has 0 amide bonds. The fourth-order valence-corrected chi connectivity index (χ4v) is 1.66. The lowest BCUT2D eigenvalue weighted by Crippen LogP contribution is -2.10. The van der Waals surface area contributed by atoms with Crippen molar-refractivity contribution in [1.82, 2.24) is 9.97 Å². The second-order valence-electron chi connectivity index (χ2n) is 5.06. The van der Waals surface area contributed by atoms with E-state index in [1.165, 1.54) is 11.9 Å². The van der Waals surface area contributed by atoms with Crippen LogP contribution < -0.4 is 4.74 Å². The average molecular weight is 263 g/mol. The molecule has 0 spiro atoms. The summed E-state index contributed by atoms with van der Waals surface area (Å²) >= 11 is 5.78. The van der Waals surface area contributed by atoms with Crippen LogP contribution in [0.25, 0.3) is 0 Å². The third kappa shape index (κ3) is 3.20.